The first-order valence-electron chi connectivity index (χ1n) is 3.75. The van der Waals surface area contributed by atoms with E-state index >= 15 is 0 Å². The minimum Gasteiger partial charge on any atom is -0.212 e. The van der Waals surface area contributed by atoms with Crippen molar-refractivity contribution in [1.82, 2.24) is 0 Å². The van der Waals surface area contributed by atoms with Gasteiger partial charge in [0.2, 0.25) is 9.05 Å². The molecule has 0 spiro atoms. The highest BCUT2D eigenvalue weighted by molar-refractivity contribution is 8.13. The van der Waals surface area contributed by atoms with E-state index in [-0.39, 0.29) is 12.2 Å². The molecule has 0 aromatic heterocycles. The van der Waals surface area contributed by atoms with Gasteiger partial charge in [-0.1, -0.05) is 29.3 Å². The fourth-order valence-corrected chi connectivity index (χ4v) is 2.26. The molecule has 0 N–H and O–H groups in total. The van der Waals surface area contributed by atoms with Crippen molar-refractivity contribution < 1.29 is 8.42 Å². The third-order valence-electron chi connectivity index (χ3n) is 1.66. The Hall–Kier alpha value is 0.0400. The van der Waals surface area contributed by atoms with Crippen LogP contribution in [-0.2, 0) is 15.5 Å². The quantitative estimate of drug-likeness (QED) is 0.793. The predicted molar refractivity (Wildman–Crippen MR) is 59.8 cm³/mol. The van der Waals surface area contributed by atoms with Crippen LogP contribution in [0.4, 0.5) is 0 Å². The number of benzene rings is 1. The van der Waals surface area contributed by atoms with Crippen LogP contribution in [0.25, 0.3) is 0 Å². The zero-order valence-electron chi connectivity index (χ0n) is 7.00. The molecule has 0 aliphatic heterocycles. The second-order valence-corrected chi connectivity index (χ2v) is 6.40. The van der Waals surface area contributed by atoms with Gasteiger partial charge in [0.1, 0.15) is 0 Å². The number of hydrogen-bond acceptors (Lipinski definition) is 2. The molecule has 0 saturated carbocycles. The van der Waals surface area contributed by atoms with E-state index < -0.39 is 9.05 Å². The minimum absolute atomic E-state index is 0.169. The van der Waals surface area contributed by atoms with Gasteiger partial charge in [-0.05, 0) is 24.1 Å². The molecule has 1 aromatic rings. The topological polar surface area (TPSA) is 34.1 Å². The summed E-state index contributed by atoms with van der Waals surface area (Å²) in [6.07, 6.45) is 0.227. The van der Waals surface area contributed by atoms with Crippen LogP contribution in [-0.4, -0.2) is 14.2 Å². The summed E-state index contributed by atoms with van der Waals surface area (Å²) in [5.41, 5.74) is 0.611. The van der Waals surface area contributed by atoms with E-state index in [2.05, 4.69) is 0 Å². The molecular formula is C8H7Cl3O2S. The Morgan fingerprint density at radius 2 is 1.64 bits per heavy atom. The lowest BCUT2D eigenvalue weighted by Crippen LogP contribution is -2.02. The highest BCUT2D eigenvalue weighted by Gasteiger charge is 2.10. The van der Waals surface area contributed by atoms with E-state index in [1.54, 1.807) is 18.2 Å². The summed E-state index contributed by atoms with van der Waals surface area (Å²) >= 11 is 11.7. The van der Waals surface area contributed by atoms with Crippen molar-refractivity contribution in [3.05, 3.63) is 33.8 Å². The maximum absolute atomic E-state index is 10.7. The van der Waals surface area contributed by atoms with Crippen LogP contribution >= 0.6 is 33.9 Å². The maximum Gasteiger partial charge on any atom is 0.232 e. The van der Waals surface area contributed by atoms with Gasteiger partial charge in [-0.15, -0.1) is 0 Å². The fraction of sp³-hybridized carbons (Fsp3) is 0.250. The Bertz CT molecular complexity index is 408. The average Bonchev–Trinajstić information content (AvgIpc) is 2.01. The molecule has 14 heavy (non-hydrogen) atoms. The van der Waals surface area contributed by atoms with Gasteiger partial charge >= 0.3 is 0 Å². The first kappa shape index (κ1) is 12.1. The van der Waals surface area contributed by atoms with E-state index in [4.69, 9.17) is 33.9 Å². The van der Waals surface area contributed by atoms with Gasteiger partial charge in [-0.25, -0.2) is 8.42 Å². The molecule has 0 aliphatic rings. The van der Waals surface area contributed by atoms with Crippen LogP contribution < -0.4 is 0 Å². The summed E-state index contributed by atoms with van der Waals surface area (Å²) in [7, 11) is 1.57. The lowest BCUT2D eigenvalue weighted by Gasteiger charge is -2.04. The van der Waals surface area contributed by atoms with Gasteiger partial charge in [-0.2, -0.15) is 0 Å². The van der Waals surface area contributed by atoms with Crippen LogP contribution in [0.1, 0.15) is 5.56 Å². The maximum atomic E-state index is 10.7. The molecule has 0 fully saturated rings. The summed E-state index contributed by atoms with van der Waals surface area (Å²) < 4.78 is 21.4. The lowest BCUT2D eigenvalue weighted by atomic mass is 10.2. The molecule has 2 nitrogen and oxygen atoms in total. The molecule has 0 heterocycles. The van der Waals surface area contributed by atoms with Gasteiger partial charge < -0.3 is 0 Å². The van der Waals surface area contributed by atoms with Gasteiger partial charge in [0.15, 0.2) is 0 Å². The highest BCUT2D eigenvalue weighted by atomic mass is 35.7. The van der Waals surface area contributed by atoms with Crippen LogP contribution in [0.2, 0.25) is 10.0 Å². The largest absolute Gasteiger partial charge is 0.232 e. The Kier molecular flexibility index (Phi) is 4.07. The van der Waals surface area contributed by atoms with E-state index in [1.807, 2.05) is 0 Å². The van der Waals surface area contributed by atoms with E-state index in [0.29, 0.717) is 15.6 Å². The normalized spacial score (nSPS) is 11.6. The van der Waals surface area contributed by atoms with Crippen LogP contribution in [0.15, 0.2) is 18.2 Å². The predicted octanol–water partition coefficient (Wildman–Crippen LogP) is 3.10. The van der Waals surface area contributed by atoms with E-state index in [0.717, 1.165) is 0 Å². The number of rotatable bonds is 3. The fourth-order valence-electron chi connectivity index (χ4n) is 0.995. The zero-order chi connectivity index (χ0) is 10.8. The van der Waals surface area contributed by atoms with Crippen molar-refractivity contribution in [3.8, 4) is 0 Å². The van der Waals surface area contributed by atoms with Crippen molar-refractivity contribution in [3.63, 3.8) is 0 Å². The SMILES string of the molecule is O=S(=O)(Cl)CCc1c(Cl)cccc1Cl. The molecule has 0 radical (unpaired) electrons. The smallest absolute Gasteiger partial charge is 0.212 e. The molecule has 0 amide bonds. The molecule has 78 valence electrons. The van der Waals surface area contributed by atoms with Gasteiger partial charge in [0.05, 0.1) is 5.75 Å². The molecule has 0 atom stereocenters. The third kappa shape index (κ3) is 3.65. The van der Waals surface area contributed by atoms with Crippen molar-refractivity contribution in [2.75, 3.05) is 5.75 Å². The third-order valence-corrected chi connectivity index (χ3v) is 3.52. The van der Waals surface area contributed by atoms with Crippen molar-refractivity contribution >= 4 is 42.9 Å². The molecule has 0 bridgehead atoms. The summed E-state index contributed by atoms with van der Waals surface area (Å²) in [5, 5.41) is 0.913. The standard InChI is InChI=1S/C8H7Cl3O2S/c9-7-2-1-3-8(10)6(7)4-5-14(11,12)13/h1-3H,4-5H2. The number of halogens is 3. The minimum atomic E-state index is -3.50. The number of hydrogen-bond donors (Lipinski definition) is 0. The van der Waals surface area contributed by atoms with Crippen LogP contribution in [0.5, 0.6) is 0 Å². The van der Waals surface area contributed by atoms with Gasteiger partial charge in [0.25, 0.3) is 0 Å². The summed E-state index contributed by atoms with van der Waals surface area (Å²) in [6, 6.07) is 5.01. The summed E-state index contributed by atoms with van der Waals surface area (Å²) in [5.74, 6) is -0.169. The van der Waals surface area contributed by atoms with Crippen LogP contribution in [0.3, 0.4) is 0 Å². The Labute approximate surface area is 97.2 Å². The second kappa shape index (κ2) is 4.71. The first-order valence-corrected chi connectivity index (χ1v) is 6.99. The Morgan fingerprint density at radius 3 is 2.07 bits per heavy atom. The Balaban J connectivity index is 2.87. The van der Waals surface area contributed by atoms with Gasteiger partial charge in [0, 0.05) is 20.7 Å². The molecule has 6 heteroatoms. The Morgan fingerprint density at radius 1 is 1.14 bits per heavy atom. The van der Waals surface area contributed by atoms with Crippen molar-refractivity contribution in [2.45, 2.75) is 6.42 Å². The molecule has 1 rings (SSSR count). The molecule has 0 saturated heterocycles. The van der Waals surface area contributed by atoms with Crippen molar-refractivity contribution in [2.24, 2.45) is 0 Å². The zero-order valence-corrected chi connectivity index (χ0v) is 10.1. The molecule has 1 aromatic carbocycles. The summed E-state index contributed by atoms with van der Waals surface area (Å²) in [4.78, 5) is 0. The molecule has 0 unspecified atom stereocenters. The highest BCUT2D eigenvalue weighted by Crippen LogP contribution is 2.25. The average molecular weight is 274 g/mol. The van der Waals surface area contributed by atoms with Crippen molar-refractivity contribution in [1.29, 1.82) is 0 Å². The molecular weight excluding hydrogens is 267 g/mol. The van der Waals surface area contributed by atoms with Crippen LogP contribution in [0, 0.1) is 0 Å². The monoisotopic (exact) mass is 272 g/mol. The van der Waals surface area contributed by atoms with E-state index in [1.165, 1.54) is 0 Å². The van der Waals surface area contributed by atoms with E-state index in [9.17, 15) is 8.42 Å². The molecule has 0 aliphatic carbocycles. The lowest BCUT2D eigenvalue weighted by molar-refractivity contribution is 0.609. The summed E-state index contributed by atoms with van der Waals surface area (Å²) in [6.45, 7) is 0. The first-order chi connectivity index (χ1) is 6.40. The van der Waals surface area contributed by atoms with Gasteiger partial charge in [-0.3, -0.25) is 0 Å². The second-order valence-electron chi connectivity index (χ2n) is 2.69.